The van der Waals surface area contributed by atoms with Crippen molar-refractivity contribution in [2.24, 2.45) is 70.0 Å². The van der Waals surface area contributed by atoms with Gasteiger partial charge in [-0.2, -0.15) is 34.8 Å². The number of likely N-dealkylation sites (tertiary alicyclic amines) is 1. The van der Waals surface area contributed by atoms with Crippen molar-refractivity contribution >= 4 is 33.9 Å². The van der Waals surface area contributed by atoms with Crippen LogP contribution in [0, 0.1) is 70.0 Å². The molecule has 1 N–H and O–H groups in total. The SMILES string of the molecule is CC(OC(=O)C1C2CC3C1C(=O)N(C(=O)C14CC5CC(CC(C5)C1)C4)C3C2OC(=O)C12CC3CC(C1)C1(OCC(F)(F)C(F)(F)CO1)C(C3)C2)C(F)(F)S(=O)(=O)O. The van der Waals surface area contributed by atoms with E-state index in [1.165, 1.54) is 4.90 Å². The van der Waals surface area contributed by atoms with Crippen LogP contribution >= 0.6 is 0 Å². The number of alkyl halides is 6. The predicted molar refractivity (Wildman–Crippen MR) is 177 cm³/mol. The smallest absolute Gasteiger partial charge is 0.405 e. The number of fused-ring (bicyclic) bond motifs is 1. The summed E-state index contributed by atoms with van der Waals surface area (Å²) in [6, 6.07) is -0.962. The van der Waals surface area contributed by atoms with Crippen molar-refractivity contribution in [3.63, 3.8) is 0 Å². The molecule has 2 heterocycles. The molecule has 12 aliphatic rings. The zero-order valence-corrected chi connectivity index (χ0v) is 31.9. The summed E-state index contributed by atoms with van der Waals surface area (Å²) in [5, 5.41) is -4.89. The molecule has 10 aliphatic carbocycles. The van der Waals surface area contributed by atoms with Gasteiger partial charge < -0.3 is 18.9 Å². The summed E-state index contributed by atoms with van der Waals surface area (Å²) >= 11 is 0. The van der Waals surface area contributed by atoms with E-state index in [2.05, 4.69) is 0 Å². The molecule has 0 aromatic heterocycles. The average molecular weight is 838 g/mol. The van der Waals surface area contributed by atoms with Gasteiger partial charge in [0, 0.05) is 17.8 Å². The van der Waals surface area contributed by atoms with Crippen molar-refractivity contribution in [2.45, 2.75) is 125 Å². The Bertz CT molecular complexity index is 1860. The minimum atomic E-state index is -6.01. The highest BCUT2D eigenvalue weighted by Crippen LogP contribution is 2.68. The number of nitrogens with zero attached hydrogens (tertiary/aromatic N) is 1. The molecule has 12 nitrogen and oxygen atoms in total. The van der Waals surface area contributed by atoms with Gasteiger partial charge in [0.1, 0.15) is 19.3 Å². The number of rotatable bonds is 7. The van der Waals surface area contributed by atoms with Crippen LogP contribution in [0.2, 0.25) is 0 Å². The van der Waals surface area contributed by atoms with Crippen LogP contribution in [0.4, 0.5) is 26.3 Å². The second kappa shape index (κ2) is 11.9. The summed E-state index contributed by atoms with van der Waals surface area (Å²) < 4.78 is 141. The molecule has 2 amide bonds. The van der Waals surface area contributed by atoms with Gasteiger partial charge in [0.15, 0.2) is 11.9 Å². The highest BCUT2D eigenvalue weighted by atomic mass is 32.2. The Hall–Kier alpha value is -2.51. The third-order valence-corrected chi connectivity index (χ3v) is 17.5. The topological polar surface area (TPSA) is 163 Å². The standard InChI is InChI=1S/C38H45F6NO11S/c1-16(38(43,44)57(50,51)52)55-30(47)26-24-7-23-25(26)29(46)45(31(48)33-8-17-2-18(9-33)4-19(3-17)10-33)27(23)28(24)56-32(49)34-11-20-5-21(12-34)37(22(6-20)13-34)53-14-35(39,40)36(41,42)15-54-37/h16-28H,2-15H2,1H3,(H,50,51,52). The molecule has 19 heteroatoms. The Labute approximate surface area is 324 Å². The van der Waals surface area contributed by atoms with Gasteiger partial charge in [-0.25, -0.2) is 0 Å². The highest BCUT2D eigenvalue weighted by molar-refractivity contribution is 7.86. The fourth-order valence-corrected chi connectivity index (χ4v) is 15.2. The maximum atomic E-state index is 14.9. The average Bonchev–Trinajstić information content (AvgIpc) is 3.70. The maximum absolute atomic E-state index is 14.9. The van der Waals surface area contributed by atoms with Crippen molar-refractivity contribution in [3.05, 3.63) is 0 Å². The molecule has 0 aromatic rings. The van der Waals surface area contributed by atoms with Gasteiger partial charge in [-0.3, -0.25) is 28.6 Å². The quantitative estimate of drug-likeness (QED) is 0.159. The molecule has 9 atom stereocenters. The van der Waals surface area contributed by atoms with E-state index in [0.29, 0.717) is 63.2 Å². The zero-order chi connectivity index (χ0) is 40.6. The Kier molecular flexibility index (Phi) is 8.05. The first-order chi connectivity index (χ1) is 26.5. The van der Waals surface area contributed by atoms with Crippen LogP contribution in [-0.4, -0.2) is 96.0 Å². The number of hydrogen-bond donors (Lipinski definition) is 1. The van der Waals surface area contributed by atoms with Gasteiger partial charge >= 0.3 is 39.2 Å². The first kappa shape index (κ1) is 38.7. The van der Waals surface area contributed by atoms with E-state index in [0.717, 1.165) is 19.3 Å². The van der Waals surface area contributed by atoms with Crippen LogP contribution < -0.4 is 0 Å². The van der Waals surface area contributed by atoms with Gasteiger partial charge in [-0.05, 0) is 114 Å². The van der Waals surface area contributed by atoms with E-state index in [1.54, 1.807) is 0 Å². The van der Waals surface area contributed by atoms with Crippen LogP contribution in [0.5, 0.6) is 0 Å². The molecule has 316 valence electrons. The lowest BCUT2D eigenvalue weighted by Crippen LogP contribution is -2.65. The Morgan fingerprint density at radius 2 is 1.32 bits per heavy atom. The fraction of sp³-hybridized carbons (Fsp3) is 0.895. The Balaban J connectivity index is 0.959. The number of esters is 2. The summed E-state index contributed by atoms with van der Waals surface area (Å²) in [4.78, 5) is 59.1. The van der Waals surface area contributed by atoms with Crippen LogP contribution in [0.3, 0.4) is 0 Å². The normalized spacial score (nSPS) is 47.0. The monoisotopic (exact) mass is 837 g/mol. The van der Waals surface area contributed by atoms with Gasteiger partial charge in [-0.15, -0.1) is 0 Å². The van der Waals surface area contributed by atoms with E-state index in [-0.39, 0.29) is 31.1 Å². The van der Waals surface area contributed by atoms with Crippen LogP contribution in [0.15, 0.2) is 0 Å². The highest BCUT2D eigenvalue weighted by Gasteiger charge is 2.75. The lowest BCUT2D eigenvalue weighted by molar-refractivity contribution is -0.346. The van der Waals surface area contributed by atoms with E-state index in [1.807, 2.05) is 0 Å². The van der Waals surface area contributed by atoms with Gasteiger partial charge in [0.25, 0.3) is 0 Å². The zero-order valence-electron chi connectivity index (χ0n) is 31.1. The molecule has 2 aliphatic heterocycles. The summed E-state index contributed by atoms with van der Waals surface area (Å²) in [5.41, 5.74) is -2.05. The van der Waals surface area contributed by atoms with Crippen molar-refractivity contribution in [1.82, 2.24) is 4.90 Å². The molecule has 12 fully saturated rings. The second-order valence-corrected chi connectivity index (χ2v) is 21.1. The summed E-state index contributed by atoms with van der Waals surface area (Å²) in [5.74, 6) is -18.8. The van der Waals surface area contributed by atoms with Gasteiger partial charge in [0.2, 0.25) is 11.8 Å². The van der Waals surface area contributed by atoms with Crippen LogP contribution in [0.1, 0.15) is 84.0 Å². The second-order valence-electron chi connectivity index (χ2n) is 19.6. The van der Waals surface area contributed by atoms with Gasteiger partial charge in [-0.1, -0.05) is 0 Å². The van der Waals surface area contributed by atoms with Crippen molar-refractivity contribution in [3.8, 4) is 0 Å². The molecule has 2 saturated heterocycles. The first-order valence-electron chi connectivity index (χ1n) is 20.2. The molecule has 10 saturated carbocycles. The predicted octanol–water partition coefficient (Wildman–Crippen LogP) is 4.99. The molecule has 0 radical (unpaired) electrons. The molecule has 57 heavy (non-hydrogen) atoms. The minimum absolute atomic E-state index is 0.00658. The number of carbonyl (C=O) groups is 4. The molecular weight excluding hydrogens is 792 g/mol. The lowest BCUT2D eigenvalue weighted by Gasteiger charge is -2.62. The third-order valence-electron chi connectivity index (χ3n) is 16.5. The van der Waals surface area contributed by atoms with Crippen molar-refractivity contribution < 1.29 is 77.4 Å². The Morgan fingerprint density at radius 1 is 0.807 bits per heavy atom. The lowest BCUT2D eigenvalue weighted by atomic mass is 9.47. The van der Waals surface area contributed by atoms with Crippen LogP contribution in [0.25, 0.3) is 0 Å². The van der Waals surface area contributed by atoms with Gasteiger partial charge in [0.05, 0.1) is 28.7 Å². The van der Waals surface area contributed by atoms with E-state index in [9.17, 15) is 53.9 Å². The minimum Gasteiger partial charge on any atom is -0.459 e. The summed E-state index contributed by atoms with van der Waals surface area (Å²) in [6.45, 7) is -2.53. The third kappa shape index (κ3) is 5.18. The Morgan fingerprint density at radius 3 is 1.84 bits per heavy atom. The molecule has 9 unspecified atom stereocenters. The maximum Gasteiger partial charge on any atom is 0.405 e. The molecule has 10 bridgehead atoms. The summed E-state index contributed by atoms with van der Waals surface area (Å²) in [6.07, 6.45) is 2.09. The van der Waals surface area contributed by atoms with Crippen molar-refractivity contribution in [1.29, 1.82) is 0 Å². The number of halogens is 6. The number of ether oxygens (including phenoxy) is 4. The number of carbonyl (C=O) groups excluding carboxylic acids is 4. The summed E-state index contributed by atoms with van der Waals surface area (Å²) in [7, 11) is -6.01. The van der Waals surface area contributed by atoms with Crippen LogP contribution in [-0.2, 0) is 48.2 Å². The largest absolute Gasteiger partial charge is 0.459 e. The van der Waals surface area contributed by atoms with Crippen molar-refractivity contribution in [2.75, 3.05) is 13.2 Å². The molecule has 12 rings (SSSR count). The number of imide groups is 1. The van der Waals surface area contributed by atoms with E-state index >= 15 is 0 Å². The molecule has 1 spiro atoms. The fourth-order valence-electron chi connectivity index (χ4n) is 14.7. The first-order valence-corrected chi connectivity index (χ1v) is 21.6. The molecule has 0 aromatic carbocycles. The molecular formula is C38H45F6NO11S. The number of hydrogen-bond acceptors (Lipinski definition) is 10. The number of amides is 2. The van der Waals surface area contributed by atoms with E-state index in [4.69, 9.17) is 23.5 Å². The van der Waals surface area contributed by atoms with E-state index < -0.39 is 129 Å².